The molecular formula is C15H17NO3S. The molecule has 0 saturated carbocycles. The van der Waals surface area contributed by atoms with Crippen LogP contribution in [-0.4, -0.2) is 22.7 Å². The molecule has 4 nitrogen and oxygen atoms in total. The molecule has 0 fully saturated rings. The molecule has 1 aromatic carbocycles. The Hall–Kier alpha value is -1.88. The van der Waals surface area contributed by atoms with E-state index in [0.29, 0.717) is 23.6 Å². The van der Waals surface area contributed by atoms with Crippen molar-refractivity contribution >= 4 is 17.3 Å². The van der Waals surface area contributed by atoms with Crippen LogP contribution in [0.1, 0.15) is 32.9 Å². The van der Waals surface area contributed by atoms with Crippen LogP contribution >= 0.6 is 11.3 Å². The van der Waals surface area contributed by atoms with Gasteiger partial charge in [0.05, 0.1) is 17.3 Å². The first-order chi connectivity index (χ1) is 9.60. The maximum Gasteiger partial charge on any atom is 0.347 e. The summed E-state index contributed by atoms with van der Waals surface area (Å²) in [5.41, 5.74) is 1.85. The number of nitrogens with zero attached hydrogens (tertiary/aromatic N) is 1. The van der Waals surface area contributed by atoms with Gasteiger partial charge in [-0.2, -0.15) is 0 Å². The van der Waals surface area contributed by atoms with Gasteiger partial charge in [0.2, 0.25) is 0 Å². The van der Waals surface area contributed by atoms with E-state index < -0.39 is 5.97 Å². The molecule has 1 heterocycles. The van der Waals surface area contributed by atoms with Crippen LogP contribution in [0, 0.1) is 6.92 Å². The second kappa shape index (κ2) is 6.52. The van der Waals surface area contributed by atoms with Crippen LogP contribution in [0.15, 0.2) is 24.3 Å². The number of carboxylic acid groups (broad SMARTS) is 1. The molecule has 5 heteroatoms. The average molecular weight is 291 g/mol. The normalized spacial score (nSPS) is 10.5. The van der Waals surface area contributed by atoms with Crippen LogP contribution in [0.3, 0.4) is 0 Å². The van der Waals surface area contributed by atoms with Crippen molar-refractivity contribution in [1.29, 1.82) is 0 Å². The van der Waals surface area contributed by atoms with Gasteiger partial charge in [0, 0.05) is 6.42 Å². The minimum Gasteiger partial charge on any atom is -0.493 e. The Bertz CT molecular complexity index is 590. The summed E-state index contributed by atoms with van der Waals surface area (Å²) < 4.78 is 5.64. The van der Waals surface area contributed by atoms with Crippen molar-refractivity contribution in [1.82, 2.24) is 4.98 Å². The lowest BCUT2D eigenvalue weighted by atomic mass is 10.2. The molecule has 1 aromatic heterocycles. The SMILES string of the molecule is CCc1ccc(OCCc2nc(C)c(C(=O)O)s2)cc1. The van der Waals surface area contributed by atoms with E-state index in [1.54, 1.807) is 6.92 Å². The maximum absolute atomic E-state index is 10.9. The Labute approximate surface area is 122 Å². The lowest BCUT2D eigenvalue weighted by Gasteiger charge is -2.05. The molecule has 0 aliphatic carbocycles. The van der Waals surface area contributed by atoms with Crippen molar-refractivity contribution in [3.63, 3.8) is 0 Å². The summed E-state index contributed by atoms with van der Waals surface area (Å²) in [4.78, 5) is 15.5. The second-order valence-electron chi connectivity index (χ2n) is 4.42. The number of thiazole rings is 1. The number of carboxylic acids is 1. The lowest BCUT2D eigenvalue weighted by Crippen LogP contribution is -2.01. The first-order valence-corrected chi connectivity index (χ1v) is 7.33. The number of hydrogen-bond donors (Lipinski definition) is 1. The topological polar surface area (TPSA) is 59.4 Å². The summed E-state index contributed by atoms with van der Waals surface area (Å²) in [6, 6.07) is 8.00. The molecule has 0 saturated heterocycles. The number of rotatable bonds is 6. The first-order valence-electron chi connectivity index (χ1n) is 6.51. The standard InChI is InChI=1S/C15H17NO3S/c1-3-11-4-6-12(7-5-11)19-9-8-13-16-10(2)14(20-13)15(17)18/h4-7H,3,8-9H2,1-2H3,(H,17,18). The first kappa shape index (κ1) is 14.5. The van der Waals surface area contributed by atoms with Crippen molar-refractivity contribution in [3.8, 4) is 5.75 Å². The van der Waals surface area contributed by atoms with Crippen molar-refractivity contribution in [3.05, 3.63) is 45.4 Å². The minimum atomic E-state index is -0.915. The molecule has 0 amide bonds. The summed E-state index contributed by atoms with van der Waals surface area (Å²) in [5, 5.41) is 9.77. The summed E-state index contributed by atoms with van der Waals surface area (Å²) in [6.07, 6.45) is 1.63. The Kier molecular flexibility index (Phi) is 4.74. The van der Waals surface area contributed by atoms with Crippen molar-refractivity contribution in [2.75, 3.05) is 6.61 Å². The third-order valence-corrected chi connectivity index (χ3v) is 4.16. The Balaban J connectivity index is 1.89. The molecule has 20 heavy (non-hydrogen) atoms. The smallest absolute Gasteiger partial charge is 0.347 e. The van der Waals surface area contributed by atoms with Crippen LogP contribution < -0.4 is 4.74 Å². The molecule has 0 aliphatic heterocycles. The summed E-state index contributed by atoms with van der Waals surface area (Å²) >= 11 is 1.22. The van der Waals surface area contributed by atoms with E-state index >= 15 is 0 Å². The van der Waals surface area contributed by atoms with Gasteiger partial charge >= 0.3 is 5.97 Å². The van der Waals surface area contributed by atoms with Crippen molar-refractivity contribution in [2.24, 2.45) is 0 Å². The zero-order valence-corrected chi connectivity index (χ0v) is 12.4. The van der Waals surface area contributed by atoms with Crippen molar-refractivity contribution < 1.29 is 14.6 Å². The molecule has 0 radical (unpaired) electrons. The van der Waals surface area contributed by atoms with Gasteiger partial charge in [0.15, 0.2) is 0 Å². The summed E-state index contributed by atoms with van der Waals surface area (Å²) in [7, 11) is 0. The third-order valence-electron chi connectivity index (χ3n) is 2.95. The van der Waals surface area contributed by atoms with Gasteiger partial charge in [0.1, 0.15) is 10.6 Å². The highest BCUT2D eigenvalue weighted by atomic mass is 32.1. The predicted octanol–water partition coefficient (Wildman–Crippen LogP) is 3.33. The number of carbonyl (C=O) groups is 1. The maximum atomic E-state index is 10.9. The van der Waals surface area contributed by atoms with Crippen LogP contribution in [0.5, 0.6) is 5.75 Å². The zero-order valence-electron chi connectivity index (χ0n) is 11.5. The quantitative estimate of drug-likeness (QED) is 0.887. The Morgan fingerprint density at radius 3 is 2.60 bits per heavy atom. The van der Waals surface area contributed by atoms with E-state index in [2.05, 4.69) is 11.9 Å². The number of aromatic nitrogens is 1. The van der Waals surface area contributed by atoms with Gasteiger partial charge in [-0.1, -0.05) is 19.1 Å². The molecular weight excluding hydrogens is 274 g/mol. The third kappa shape index (κ3) is 3.57. The number of aryl methyl sites for hydroxylation is 2. The molecule has 0 spiro atoms. The highest BCUT2D eigenvalue weighted by molar-refractivity contribution is 7.13. The van der Waals surface area contributed by atoms with Gasteiger partial charge < -0.3 is 9.84 Å². The molecule has 106 valence electrons. The largest absolute Gasteiger partial charge is 0.493 e. The number of hydrogen-bond acceptors (Lipinski definition) is 4. The monoisotopic (exact) mass is 291 g/mol. The number of ether oxygens (including phenoxy) is 1. The Morgan fingerprint density at radius 2 is 2.05 bits per heavy atom. The summed E-state index contributed by atoms with van der Waals surface area (Å²) in [5.74, 6) is -0.0868. The fraction of sp³-hybridized carbons (Fsp3) is 0.333. The van der Waals surface area contributed by atoms with Gasteiger partial charge in [-0.15, -0.1) is 11.3 Å². The summed E-state index contributed by atoms with van der Waals surface area (Å²) in [6.45, 7) is 4.33. The highest BCUT2D eigenvalue weighted by Gasteiger charge is 2.13. The molecule has 2 rings (SSSR count). The van der Waals surface area contributed by atoms with Crippen LogP contribution in [0.2, 0.25) is 0 Å². The Morgan fingerprint density at radius 1 is 1.35 bits per heavy atom. The lowest BCUT2D eigenvalue weighted by molar-refractivity contribution is 0.0701. The molecule has 0 unspecified atom stereocenters. The van der Waals surface area contributed by atoms with Crippen molar-refractivity contribution in [2.45, 2.75) is 26.7 Å². The van der Waals surface area contributed by atoms with Crippen LogP contribution in [0.25, 0.3) is 0 Å². The fourth-order valence-electron chi connectivity index (χ4n) is 1.84. The number of aromatic carboxylic acids is 1. The molecule has 1 N–H and O–H groups in total. The van der Waals surface area contributed by atoms with E-state index in [9.17, 15) is 4.79 Å². The van der Waals surface area contributed by atoms with E-state index in [4.69, 9.17) is 9.84 Å². The second-order valence-corrected chi connectivity index (χ2v) is 5.51. The van der Waals surface area contributed by atoms with Crippen LogP contribution in [0.4, 0.5) is 0 Å². The van der Waals surface area contributed by atoms with Gasteiger partial charge in [-0.3, -0.25) is 0 Å². The van der Waals surface area contributed by atoms with Gasteiger partial charge in [-0.05, 0) is 31.0 Å². The average Bonchev–Trinajstić information content (AvgIpc) is 2.81. The van der Waals surface area contributed by atoms with E-state index in [-0.39, 0.29) is 0 Å². The zero-order chi connectivity index (χ0) is 14.5. The van der Waals surface area contributed by atoms with Gasteiger partial charge in [-0.25, -0.2) is 9.78 Å². The molecule has 0 aliphatic rings. The highest BCUT2D eigenvalue weighted by Crippen LogP contribution is 2.19. The number of benzene rings is 1. The van der Waals surface area contributed by atoms with E-state index in [1.807, 2.05) is 24.3 Å². The van der Waals surface area contributed by atoms with Gasteiger partial charge in [0.25, 0.3) is 0 Å². The predicted molar refractivity (Wildman–Crippen MR) is 78.8 cm³/mol. The molecule has 2 aromatic rings. The van der Waals surface area contributed by atoms with Crippen LogP contribution in [-0.2, 0) is 12.8 Å². The van der Waals surface area contributed by atoms with E-state index in [1.165, 1.54) is 16.9 Å². The van der Waals surface area contributed by atoms with E-state index in [0.717, 1.165) is 17.2 Å². The molecule has 0 bridgehead atoms. The molecule has 0 atom stereocenters. The fourth-order valence-corrected chi connectivity index (χ4v) is 2.72. The minimum absolute atomic E-state index is 0.312.